The van der Waals surface area contributed by atoms with Crippen molar-refractivity contribution < 1.29 is 4.79 Å². The van der Waals surface area contributed by atoms with Gasteiger partial charge in [-0.05, 0) is 56.0 Å². The van der Waals surface area contributed by atoms with E-state index in [2.05, 4.69) is 31.3 Å². The Bertz CT molecular complexity index is 708. The van der Waals surface area contributed by atoms with Crippen molar-refractivity contribution in [1.29, 1.82) is 0 Å². The highest BCUT2D eigenvalue weighted by molar-refractivity contribution is 6.00. The predicted molar refractivity (Wildman–Crippen MR) is 91.5 cm³/mol. The molecule has 2 aromatic rings. The van der Waals surface area contributed by atoms with Crippen LogP contribution in [0, 0.1) is 13.8 Å². The van der Waals surface area contributed by atoms with Crippen LogP contribution in [0.2, 0.25) is 0 Å². The predicted octanol–water partition coefficient (Wildman–Crippen LogP) is 3.69. The van der Waals surface area contributed by atoms with Crippen LogP contribution in [0.4, 0.5) is 11.4 Å². The van der Waals surface area contributed by atoms with Crippen LogP contribution in [0.1, 0.15) is 23.6 Å². The van der Waals surface area contributed by atoms with E-state index in [0.717, 1.165) is 24.3 Å². The molecule has 1 atom stereocenters. The molecule has 0 radical (unpaired) electrons. The quantitative estimate of drug-likeness (QED) is 0.936. The van der Waals surface area contributed by atoms with Crippen molar-refractivity contribution in [3.63, 3.8) is 0 Å². The fourth-order valence-electron chi connectivity index (χ4n) is 3.00. The highest BCUT2D eigenvalue weighted by Crippen LogP contribution is 2.28. The number of carbonyl (C=O) groups excluding carboxylic acids is 1. The Hall–Kier alpha value is -2.29. The summed E-state index contributed by atoms with van der Waals surface area (Å²) in [5, 5.41) is 3.37. The number of nitrogens with one attached hydrogen (secondary N) is 1. The molecule has 114 valence electrons. The van der Waals surface area contributed by atoms with Crippen molar-refractivity contribution in [2.75, 3.05) is 16.8 Å². The zero-order chi connectivity index (χ0) is 15.7. The molecular formula is C19H22N2O. The van der Waals surface area contributed by atoms with Gasteiger partial charge in [-0.25, -0.2) is 0 Å². The molecule has 3 heteroatoms. The van der Waals surface area contributed by atoms with E-state index in [1.807, 2.05) is 42.2 Å². The van der Waals surface area contributed by atoms with Crippen molar-refractivity contribution in [2.45, 2.75) is 33.2 Å². The minimum absolute atomic E-state index is 0.130. The maximum Gasteiger partial charge on any atom is 0.249 e. The number of para-hydroxylation sites is 1. The lowest BCUT2D eigenvalue weighted by molar-refractivity contribution is -0.118. The average Bonchev–Trinajstić information content (AvgIpc) is 2.95. The SMILES string of the molecule is Cc1cccc(NC(C)C(=O)N2CCc3ccccc32)c1C. The van der Waals surface area contributed by atoms with E-state index in [9.17, 15) is 4.79 Å². The van der Waals surface area contributed by atoms with E-state index in [0.29, 0.717) is 0 Å². The highest BCUT2D eigenvalue weighted by Gasteiger charge is 2.27. The Balaban J connectivity index is 1.77. The second-order valence-corrected chi connectivity index (χ2v) is 5.98. The van der Waals surface area contributed by atoms with Gasteiger partial charge in [0.15, 0.2) is 0 Å². The van der Waals surface area contributed by atoms with Gasteiger partial charge < -0.3 is 10.2 Å². The fourth-order valence-corrected chi connectivity index (χ4v) is 3.00. The molecule has 0 saturated carbocycles. The van der Waals surface area contributed by atoms with Gasteiger partial charge >= 0.3 is 0 Å². The Labute approximate surface area is 132 Å². The summed E-state index contributed by atoms with van der Waals surface area (Å²) in [6.07, 6.45) is 0.943. The second kappa shape index (κ2) is 5.84. The van der Waals surface area contributed by atoms with Crippen molar-refractivity contribution in [3.8, 4) is 0 Å². The monoisotopic (exact) mass is 294 g/mol. The smallest absolute Gasteiger partial charge is 0.249 e. The van der Waals surface area contributed by atoms with Crippen LogP contribution >= 0.6 is 0 Å². The molecule has 0 fully saturated rings. The number of amides is 1. The van der Waals surface area contributed by atoms with Crippen LogP contribution in [0.3, 0.4) is 0 Å². The molecular weight excluding hydrogens is 272 g/mol. The standard InChI is InChI=1S/C19H22N2O/c1-13-7-6-9-17(14(13)2)20-15(3)19(22)21-12-11-16-8-4-5-10-18(16)21/h4-10,15,20H,11-12H2,1-3H3. The zero-order valence-electron chi connectivity index (χ0n) is 13.4. The second-order valence-electron chi connectivity index (χ2n) is 5.98. The van der Waals surface area contributed by atoms with E-state index in [-0.39, 0.29) is 11.9 Å². The van der Waals surface area contributed by atoms with Crippen molar-refractivity contribution >= 4 is 17.3 Å². The Kier molecular flexibility index (Phi) is 3.88. The van der Waals surface area contributed by atoms with E-state index in [1.54, 1.807) is 0 Å². The Morgan fingerprint density at radius 3 is 2.73 bits per heavy atom. The maximum atomic E-state index is 12.8. The average molecular weight is 294 g/mol. The van der Waals surface area contributed by atoms with Crippen LogP contribution in [0.5, 0.6) is 0 Å². The summed E-state index contributed by atoms with van der Waals surface area (Å²) in [7, 11) is 0. The van der Waals surface area contributed by atoms with E-state index in [4.69, 9.17) is 0 Å². The van der Waals surface area contributed by atoms with Gasteiger partial charge in [0.1, 0.15) is 6.04 Å². The summed E-state index contributed by atoms with van der Waals surface area (Å²) in [6.45, 7) is 6.88. The van der Waals surface area contributed by atoms with E-state index >= 15 is 0 Å². The summed E-state index contributed by atoms with van der Waals surface area (Å²) < 4.78 is 0. The van der Waals surface area contributed by atoms with Gasteiger partial charge in [0, 0.05) is 17.9 Å². The lowest BCUT2D eigenvalue weighted by atomic mass is 10.1. The van der Waals surface area contributed by atoms with Gasteiger partial charge in [-0.2, -0.15) is 0 Å². The number of hydrogen-bond donors (Lipinski definition) is 1. The summed E-state index contributed by atoms with van der Waals surface area (Å²) in [5.41, 5.74) is 5.78. The van der Waals surface area contributed by atoms with Gasteiger partial charge in [-0.1, -0.05) is 30.3 Å². The third-order valence-electron chi connectivity index (χ3n) is 4.50. The minimum Gasteiger partial charge on any atom is -0.374 e. The molecule has 1 aliphatic rings. The van der Waals surface area contributed by atoms with E-state index in [1.165, 1.54) is 16.7 Å². The normalized spacial score (nSPS) is 14.6. The van der Waals surface area contributed by atoms with Gasteiger partial charge in [-0.15, -0.1) is 0 Å². The molecule has 0 aromatic heterocycles. The summed E-state index contributed by atoms with van der Waals surface area (Å²) in [4.78, 5) is 14.7. The van der Waals surface area contributed by atoms with E-state index < -0.39 is 0 Å². The number of carbonyl (C=O) groups is 1. The van der Waals surface area contributed by atoms with Crippen molar-refractivity contribution in [2.24, 2.45) is 0 Å². The first-order chi connectivity index (χ1) is 10.6. The lowest BCUT2D eigenvalue weighted by Gasteiger charge is -2.24. The molecule has 1 aliphatic heterocycles. The number of hydrogen-bond acceptors (Lipinski definition) is 2. The third-order valence-corrected chi connectivity index (χ3v) is 4.50. The van der Waals surface area contributed by atoms with Crippen molar-refractivity contribution in [3.05, 3.63) is 59.2 Å². The van der Waals surface area contributed by atoms with Gasteiger partial charge in [0.2, 0.25) is 5.91 Å². The number of nitrogens with zero attached hydrogens (tertiary/aromatic N) is 1. The van der Waals surface area contributed by atoms with Gasteiger partial charge in [-0.3, -0.25) is 4.79 Å². The van der Waals surface area contributed by atoms with Crippen LogP contribution in [-0.4, -0.2) is 18.5 Å². The summed E-state index contributed by atoms with van der Waals surface area (Å²) in [6, 6.07) is 14.1. The largest absolute Gasteiger partial charge is 0.374 e. The first-order valence-corrected chi connectivity index (χ1v) is 7.80. The maximum absolute atomic E-state index is 12.8. The molecule has 1 unspecified atom stereocenters. The summed E-state index contributed by atoms with van der Waals surface area (Å²) in [5.74, 6) is 0.130. The molecule has 22 heavy (non-hydrogen) atoms. The number of rotatable bonds is 3. The number of anilines is 2. The highest BCUT2D eigenvalue weighted by atomic mass is 16.2. The van der Waals surface area contributed by atoms with Crippen LogP contribution < -0.4 is 10.2 Å². The van der Waals surface area contributed by atoms with Crippen molar-refractivity contribution in [1.82, 2.24) is 0 Å². The number of benzene rings is 2. The summed E-state index contributed by atoms with van der Waals surface area (Å²) >= 11 is 0. The molecule has 0 bridgehead atoms. The van der Waals surface area contributed by atoms with Crippen LogP contribution in [0.15, 0.2) is 42.5 Å². The molecule has 3 nitrogen and oxygen atoms in total. The van der Waals surface area contributed by atoms with Gasteiger partial charge in [0.25, 0.3) is 0 Å². The Morgan fingerprint density at radius 2 is 1.91 bits per heavy atom. The molecule has 2 aromatic carbocycles. The third kappa shape index (κ3) is 2.59. The first-order valence-electron chi connectivity index (χ1n) is 7.80. The molecule has 0 aliphatic carbocycles. The molecule has 0 saturated heterocycles. The fraction of sp³-hybridized carbons (Fsp3) is 0.316. The lowest BCUT2D eigenvalue weighted by Crippen LogP contribution is -2.40. The molecule has 3 rings (SSSR count). The topological polar surface area (TPSA) is 32.3 Å². The number of fused-ring (bicyclic) bond motifs is 1. The zero-order valence-corrected chi connectivity index (χ0v) is 13.4. The minimum atomic E-state index is -0.244. The van der Waals surface area contributed by atoms with Crippen LogP contribution in [-0.2, 0) is 11.2 Å². The van der Waals surface area contributed by atoms with Gasteiger partial charge in [0.05, 0.1) is 0 Å². The Morgan fingerprint density at radius 1 is 1.14 bits per heavy atom. The molecule has 1 amide bonds. The number of aryl methyl sites for hydroxylation is 1. The van der Waals surface area contributed by atoms with Crippen LogP contribution in [0.25, 0.3) is 0 Å². The molecule has 0 spiro atoms. The first kappa shape index (κ1) is 14.6. The molecule has 1 heterocycles. The molecule has 1 N–H and O–H groups in total.